The predicted molar refractivity (Wildman–Crippen MR) is 50.5 cm³/mol. The SMILES string of the molecule is O=Cc1ccnc(N2CCOCC2)n1. The number of carbonyl (C=O) groups excluding carboxylic acids is 1. The largest absolute Gasteiger partial charge is 0.378 e. The van der Waals surface area contributed by atoms with Gasteiger partial charge in [0.1, 0.15) is 5.69 Å². The molecule has 0 aliphatic carbocycles. The van der Waals surface area contributed by atoms with E-state index < -0.39 is 0 Å². The molecule has 74 valence electrons. The van der Waals surface area contributed by atoms with Crippen molar-refractivity contribution in [2.45, 2.75) is 0 Å². The van der Waals surface area contributed by atoms with E-state index in [1.807, 2.05) is 4.90 Å². The molecule has 0 saturated carbocycles. The van der Waals surface area contributed by atoms with Crippen LogP contribution in [-0.2, 0) is 4.74 Å². The van der Waals surface area contributed by atoms with Gasteiger partial charge in [0.25, 0.3) is 0 Å². The van der Waals surface area contributed by atoms with Crippen molar-refractivity contribution >= 4 is 12.2 Å². The summed E-state index contributed by atoms with van der Waals surface area (Å²) in [5.41, 5.74) is 0.418. The van der Waals surface area contributed by atoms with Crippen molar-refractivity contribution in [1.29, 1.82) is 0 Å². The molecule has 1 saturated heterocycles. The van der Waals surface area contributed by atoms with Crippen molar-refractivity contribution in [2.24, 2.45) is 0 Å². The number of aldehydes is 1. The van der Waals surface area contributed by atoms with Gasteiger partial charge in [0.2, 0.25) is 5.95 Å². The Morgan fingerprint density at radius 1 is 1.43 bits per heavy atom. The summed E-state index contributed by atoms with van der Waals surface area (Å²) in [7, 11) is 0. The van der Waals surface area contributed by atoms with Gasteiger partial charge in [-0.2, -0.15) is 0 Å². The van der Waals surface area contributed by atoms with E-state index in [2.05, 4.69) is 9.97 Å². The Bertz CT molecular complexity index is 324. The molecule has 14 heavy (non-hydrogen) atoms. The van der Waals surface area contributed by atoms with Gasteiger partial charge in [-0.3, -0.25) is 4.79 Å². The molecule has 2 heterocycles. The minimum absolute atomic E-state index is 0.418. The Labute approximate surface area is 81.7 Å². The third-order valence-electron chi connectivity index (χ3n) is 2.08. The second kappa shape index (κ2) is 4.15. The molecule has 0 N–H and O–H groups in total. The molecular weight excluding hydrogens is 182 g/mol. The van der Waals surface area contributed by atoms with E-state index in [9.17, 15) is 4.79 Å². The van der Waals surface area contributed by atoms with Gasteiger partial charge in [-0.25, -0.2) is 9.97 Å². The number of carbonyl (C=O) groups is 1. The van der Waals surface area contributed by atoms with Crippen molar-refractivity contribution in [3.05, 3.63) is 18.0 Å². The van der Waals surface area contributed by atoms with Crippen molar-refractivity contribution in [3.63, 3.8) is 0 Å². The molecule has 0 amide bonds. The topological polar surface area (TPSA) is 55.3 Å². The molecule has 0 unspecified atom stereocenters. The first-order valence-corrected chi connectivity index (χ1v) is 4.51. The molecule has 1 aromatic heterocycles. The average Bonchev–Trinajstić information content (AvgIpc) is 2.30. The third-order valence-corrected chi connectivity index (χ3v) is 2.08. The Morgan fingerprint density at radius 2 is 2.21 bits per heavy atom. The normalized spacial score (nSPS) is 16.7. The summed E-state index contributed by atoms with van der Waals surface area (Å²) >= 11 is 0. The van der Waals surface area contributed by atoms with Crippen LogP contribution in [0.3, 0.4) is 0 Å². The lowest BCUT2D eigenvalue weighted by Gasteiger charge is -2.26. The van der Waals surface area contributed by atoms with Gasteiger partial charge in [0.05, 0.1) is 13.2 Å². The maximum atomic E-state index is 10.5. The number of ether oxygens (including phenoxy) is 1. The molecule has 5 nitrogen and oxygen atoms in total. The van der Waals surface area contributed by atoms with E-state index in [1.165, 1.54) is 0 Å². The van der Waals surface area contributed by atoms with Crippen LogP contribution in [-0.4, -0.2) is 42.6 Å². The van der Waals surface area contributed by atoms with E-state index in [4.69, 9.17) is 4.74 Å². The van der Waals surface area contributed by atoms with Crippen molar-refractivity contribution in [2.75, 3.05) is 31.2 Å². The summed E-state index contributed by atoms with van der Waals surface area (Å²) in [6.45, 7) is 2.94. The van der Waals surface area contributed by atoms with Gasteiger partial charge in [0, 0.05) is 19.3 Å². The summed E-state index contributed by atoms with van der Waals surface area (Å²) in [6.07, 6.45) is 2.33. The fourth-order valence-corrected chi connectivity index (χ4v) is 1.34. The summed E-state index contributed by atoms with van der Waals surface area (Å²) in [6, 6.07) is 1.59. The van der Waals surface area contributed by atoms with Gasteiger partial charge >= 0.3 is 0 Å². The quantitative estimate of drug-likeness (QED) is 0.625. The highest BCUT2D eigenvalue weighted by atomic mass is 16.5. The van der Waals surface area contributed by atoms with Gasteiger partial charge in [-0.15, -0.1) is 0 Å². The first-order valence-electron chi connectivity index (χ1n) is 4.51. The van der Waals surface area contributed by atoms with E-state index in [0.29, 0.717) is 24.9 Å². The fraction of sp³-hybridized carbons (Fsp3) is 0.444. The lowest BCUT2D eigenvalue weighted by molar-refractivity contribution is 0.111. The number of anilines is 1. The summed E-state index contributed by atoms with van der Waals surface area (Å²) in [5.74, 6) is 0.609. The van der Waals surface area contributed by atoms with Gasteiger partial charge in [0.15, 0.2) is 6.29 Å². The van der Waals surface area contributed by atoms with Crippen LogP contribution in [0.2, 0.25) is 0 Å². The van der Waals surface area contributed by atoms with Crippen LogP contribution in [0.25, 0.3) is 0 Å². The Morgan fingerprint density at radius 3 is 2.93 bits per heavy atom. The maximum absolute atomic E-state index is 10.5. The number of aromatic nitrogens is 2. The third kappa shape index (κ3) is 1.88. The first-order chi connectivity index (χ1) is 6.90. The number of hydrogen-bond donors (Lipinski definition) is 0. The number of nitrogens with zero attached hydrogens (tertiary/aromatic N) is 3. The molecule has 1 fully saturated rings. The highest BCUT2D eigenvalue weighted by Crippen LogP contribution is 2.08. The molecule has 1 aliphatic heterocycles. The Balaban J connectivity index is 2.17. The molecule has 1 aromatic rings. The molecule has 0 atom stereocenters. The number of rotatable bonds is 2. The molecule has 0 radical (unpaired) electrons. The summed E-state index contributed by atoms with van der Waals surface area (Å²) in [4.78, 5) is 20.7. The fourth-order valence-electron chi connectivity index (χ4n) is 1.34. The Kier molecular flexibility index (Phi) is 2.69. The molecular formula is C9H11N3O2. The van der Waals surface area contributed by atoms with Crippen LogP contribution in [0, 0.1) is 0 Å². The van der Waals surface area contributed by atoms with E-state index in [-0.39, 0.29) is 0 Å². The lowest BCUT2D eigenvalue weighted by Crippen LogP contribution is -2.37. The zero-order chi connectivity index (χ0) is 9.80. The molecule has 0 spiro atoms. The van der Waals surface area contributed by atoms with Crippen LogP contribution in [0.15, 0.2) is 12.3 Å². The van der Waals surface area contributed by atoms with Crippen LogP contribution in [0.5, 0.6) is 0 Å². The predicted octanol–water partition coefficient (Wildman–Crippen LogP) is 0.126. The zero-order valence-electron chi connectivity index (χ0n) is 7.72. The van der Waals surface area contributed by atoms with Crippen molar-refractivity contribution in [1.82, 2.24) is 9.97 Å². The maximum Gasteiger partial charge on any atom is 0.226 e. The van der Waals surface area contributed by atoms with Crippen LogP contribution in [0.4, 0.5) is 5.95 Å². The van der Waals surface area contributed by atoms with Crippen LogP contribution in [0.1, 0.15) is 10.5 Å². The standard InChI is InChI=1S/C9H11N3O2/c13-7-8-1-2-10-9(11-8)12-3-5-14-6-4-12/h1-2,7H,3-6H2. The van der Waals surface area contributed by atoms with Crippen LogP contribution < -0.4 is 4.90 Å². The summed E-state index contributed by atoms with van der Waals surface area (Å²) in [5, 5.41) is 0. The minimum Gasteiger partial charge on any atom is -0.378 e. The smallest absolute Gasteiger partial charge is 0.226 e. The van der Waals surface area contributed by atoms with E-state index in [1.54, 1.807) is 12.3 Å². The molecule has 0 aromatic carbocycles. The molecule has 5 heteroatoms. The second-order valence-corrected chi connectivity index (χ2v) is 3.00. The average molecular weight is 193 g/mol. The number of morpholine rings is 1. The zero-order valence-corrected chi connectivity index (χ0v) is 7.72. The summed E-state index contributed by atoms with van der Waals surface area (Å²) < 4.78 is 5.21. The molecule has 2 rings (SSSR count). The van der Waals surface area contributed by atoms with Gasteiger partial charge in [-0.1, -0.05) is 0 Å². The lowest BCUT2D eigenvalue weighted by atomic mass is 10.4. The monoisotopic (exact) mass is 193 g/mol. The van der Waals surface area contributed by atoms with Gasteiger partial charge < -0.3 is 9.64 Å². The highest BCUT2D eigenvalue weighted by Gasteiger charge is 2.13. The molecule has 0 bridgehead atoms. The van der Waals surface area contributed by atoms with Crippen LogP contribution >= 0.6 is 0 Å². The second-order valence-electron chi connectivity index (χ2n) is 3.00. The van der Waals surface area contributed by atoms with E-state index in [0.717, 1.165) is 19.4 Å². The minimum atomic E-state index is 0.418. The first kappa shape index (κ1) is 9.08. The van der Waals surface area contributed by atoms with Crippen molar-refractivity contribution in [3.8, 4) is 0 Å². The Hall–Kier alpha value is -1.49. The number of hydrogen-bond acceptors (Lipinski definition) is 5. The highest BCUT2D eigenvalue weighted by molar-refractivity contribution is 5.71. The van der Waals surface area contributed by atoms with Gasteiger partial charge in [-0.05, 0) is 6.07 Å². The molecule has 1 aliphatic rings. The van der Waals surface area contributed by atoms with Crippen molar-refractivity contribution < 1.29 is 9.53 Å². The van der Waals surface area contributed by atoms with E-state index >= 15 is 0 Å².